The van der Waals surface area contributed by atoms with Gasteiger partial charge in [-0.25, -0.2) is 13.2 Å². The first-order valence-electron chi connectivity index (χ1n) is 6.27. The van der Waals surface area contributed by atoms with Gasteiger partial charge in [-0.15, -0.1) is 0 Å². The van der Waals surface area contributed by atoms with Gasteiger partial charge in [0.2, 0.25) is 0 Å². The Morgan fingerprint density at radius 3 is 2.35 bits per heavy atom. The minimum Gasteiger partial charge on any atom is -0.462 e. The van der Waals surface area contributed by atoms with Gasteiger partial charge in [-0.2, -0.15) is 0 Å². The molecule has 1 aromatic carbocycles. The molecule has 0 radical (unpaired) electrons. The molecule has 1 rings (SSSR count). The molecule has 7 heteroatoms. The van der Waals surface area contributed by atoms with E-state index in [1.807, 2.05) is 18.7 Å². The molecule has 0 fully saturated rings. The summed E-state index contributed by atoms with van der Waals surface area (Å²) >= 11 is 0. The number of hydrogen-bond acceptors (Lipinski definition) is 5. The third-order valence-electron chi connectivity index (χ3n) is 2.26. The molecule has 112 valence electrons. The van der Waals surface area contributed by atoms with Crippen LogP contribution >= 0.6 is 0 Å². The Bertz CT molecular complexity index is 536. The molecule has 6 nitrogen and oxygen atoms in total. The standard InChI is InChI=1S/C13H19NO5S/c1-4-18-13(15)11-5-7-12(8-6-11)20(16,17)14-19-9-10(2)3/h5-8,10,14H,4,9H2,1-3H3. The Hall–Kier alpha value is -1.44. The van der Waals surface area contributed by atoms with E-state index >= 15 is 0 Å². The Morgan fingerprint density at radius 1 is 1.25 bits per heavy atom. The number of carbonyl (C=O) groups is 1. The van der Waals surface area contributed by atoms with Crippen LogP contribution in [0.1, 0.15) is 31.1 Å². The molecular formula is C13H19NO5S. The maximum atomic E-state index is 11.9. The smallest absolute Gasteiger partial charge is 0.338 e. The molecule has 0 bridgehead atoms. The van der Waals surface area contributed by atoms with E-state index in [-0.39, 0.29) is 24.0 Å². The van der Waals surface area contributed by atoms with Crippen molar-refractivity contribution in [1.82, 2.24) is 4.89 Å². The lowest BCUT2D eigenvalue weighted by Crippen LogP contribution is -2.25. The number of nitrogens with one attached hydrogen (secondary N) is 1. The van der Waals surface area contributed by atoms with Crippen molar-refractivity contribution in [3.63, 3.8) is 0 Å². The van der Waals surface area contributed by atoms with E-state index in [9.17, 15) is 13.2 Å². The van der Waals surface area contributed by atoms with Crippen LogP contribution in [0.3, 0.4) is 0 Å². The third-order valence-corrected chi connectivity index (χ3v) is 3.49. The van der Waals surface area contributed by atoms with E-state index in [0.717, 1.165) is 0 Å². The van der Waals surface area contributed by atoms with Crippen LogP contribution in [0.2, 0.25) is 0 Å². The highest BCUT2D eigenvalue weighted by molar-refractivity contribution is 7.89. The molecule has 0 saturated heterocycles. The normalized spacial score (nSPS) is 11.6. The molecule has 0 aliphatic carbocycles. The van der Waals surface area contributed by atoms with E-state index < -0.39 is 16.0 Å². The zero-order valence-electron chi connectivity index (χ0n) is 11.8. The monoisotopic (exact) mass is 301 g/mol. The Kier molecular flexibility index (Phi) is 6.12. The number of carbonyl (C=O) groups excluding carboxylic acids is 1. The molecule has 0 aliphatic heterocycles. The number of rotatable bonds is 7. The van der Waals surface area contributed by atoms with Crippen LogP contribution in [0, 0.1) is 5.92 Å². The summed E-state index contributed by atoms with van der Waals surface area (Å²) in [6, 6.07) is 5.45. The molecule has 0 unspecified atom stereocenters. The van der Waals surface area contributed by atoms with Crippen LogP contribution in [-0.2, 0) is 19.6 Å². The maximum absolute atomic E-state index is 11.9. The molecular weight excluding hydrogens is 282 g/mol. The summed E-state index contributed by atoms with van der Waals surface area (Å²) in [4.78, 5) is 18.4. The summed E-state index contributed by atoms with van der Waals surface area (Å²) < 4.78 is 28.6. The predicted octanol–water partition coefficient (Wildman–Crippen LogP) is 1.73. The van der Waals surface area contributed by atoms with Crippen molar-refractivity contribution in [2.75, 3.05) is 13.2 Å². The van der Waals surface area contributed by atoms with Crippen molar-refractivity contribution >= 4 is 16.0 Å². The van der Waals surface area contributed by atoms with Gasteiger partial charge in [0.05, 0.1) is 23.7 Å². The van der Waals surface area contributed by atoms with Crippen molar-refractivity contribution < 1.29 is 22.8 Å². The summed E-state index contributed by atoms with van der Waals surface area (Å²) in [7, 11) is -3.74. The van der Waals surface area contributed by atoms with Gasteiger partial charge in [0.25, 0.3) is 10.0 Å². The van der Waals surface area contributed by atoms with Crippen LogP contribution < -0.4 is 4.89 Å². The molecule has 0 heterocycles. The largest absolute Gasteiger partial charge is 0.462 e. The fraction of sp³-hybridized carbons (Fsp3) is 0.462. The van der Waals surface area contributed by atoms with Gasteiger partial charge in [-0.1, -0.05) is 18.7 Å². The predicted molar refractivity (Wildman–Crippen MR) is 73.5 cm³/mol. The van der Waals surface area contributed by atoms with Crippen LogP contribution in [0.4, 0.5) is 0 Å². The molecule has 0 saturated carbocycles. The number of ether oxygens (including phenoxy) is 1. The highest BCUT2D eigenvalue weighted by atomic mass is 32.2. The van der Waals surface area contributed by atoms with Crippen molar-refractivity contribution in [2.24, 2.45) is 5.92 Å². The van der Waals surface area contributed by atoms with Crippen molar-refractivity contribution in [3.8, 4) is 0 Å². The molecule has 20 heavy (non-hydrogen) atoms. The van der Waals surface area contributed by atoms with E-state index in [1.54, 1.807) is 6.92 Å². The van der Waals surface area contributed by atoms with Crippen molar-refractivity contribution in [1.29, 1.82) is 0 Å². The average molecular weight is 301 g/mol. The third kappa shape index (κ3) is 4.92. The second-order valence-electron chi connectivity index (χ2n) is 4.54. The average Bonchev–Trinajstić information content (AvgIpc) is 2.38. The van der Waals surface area contributed by atoms with Gasteiger partial charge in [0.15, 0.2) is 0 Å². The minimum absolute atomic E-state index is 0.0225. The van der Waals surface area contributed by atoms with Gasteiger partial charge in [0, 0.05) is 0 Å². The molecule has 0 aromatic heterocycles. The number of benzene rings is 1. The number of esters is 1. The minimum atomic E-state index is -3.74. The second-order valence-corrected chi connectivity index (χ2v) is 6.18. The second kappa shape index (κ2) is 7.37. The SMILES string of the molecule is CCOC(=O)c1ccc(S(=O)(=O)NOCC(C)C)cc1. The van der Waals surface area contributed by atoms with E-state index in [2.05, 4.69) is 0 Å². The zero-order valence-corrected chi connectivity index (χ0v) is 12.6. The first-order valence-corrected chi connectivity index (χ1v) is 7.76. The fourth-order valence-corrected chi connectivity index (χ4v) is 2.12. The van der Waals surface area contributed by atoms with E-state index in [4.69, 9.17) is 9.57 Å². The Labute approximate surface area is 119 Å². The molecule has 0 atom stereocenters. The molecule has 0 aliphatic rings. The van der Waals surface area contributed by atoms with Gasteiger partial charge in [-0.05, 0) is 37.1 Å². The van der Waals surface area contributed by atoms with E-state index in [0.29, 0.717) is 5.56 Å². The number of sulfonamides is 1. The quantitative estimate of drug-likeness (QED) is 0.612. The number of hydrogen-bond donors (Lipinski definition) is 1. The Balaban J connectivity index is 2.74. The summed E-state index contributed by atoms with van der Waals surface area (Å²) in [5.74, 6) is -0.274. The van der Waals surface area contributed by atoms with Crippen LogP contribution in [0.15, 0.2) is 29.2 Å². The molecule has 1 N–H and O–H groups in total. The van der Waals surface area contributed by atoms with Crippen LogP contribution in [-0.4, -0.2) is 27.6 Å². The van der Waals surface area contributed by atoms with Gasteiger partial charge in [-0.3, -0.25) is 4.84 Å². The summed E-state index contributed by atoms with van der Waals surface area (Å²) in [5.41, 5.74) is 0.300. The van der Waals surface area contributed by atoms with Gasteiger partial charge < -0.3 is 4.74 Å². The highest BCUT2D eigenvalue weighted by Gasteiger charge is 2.15. The first kappa shape index (κ1) is 16.6. The van der Waals surface area contributed by atoms with Crippen LogP contribution in [0.5, 0.6) is 0 Å². The summed E-state index contributed by atoms with van der Waals surface area (Å²) in [6.07, 6.45) is 0. The maximum Gasteiger partial charge on any atom is 0.338 e. The summed E-state index contributed by atoms with van der Waals surface area (Å²) in [6.45, 7) is 6.06. The molecule has 1 aromatic rings. The highest BCUT2D eigenvalue weighted by Crippen LogP contribution is 2.11. The van der Waals surface area contributed by atoms with Crippen molar-refractivity contribution in [2.45, 2.75) is 25.7 Å². The van der Waals surface area contributed by atoms with Gasteiger partial charge >= 0.3 is 5.97 Å². The van der Waals surface area contributed by atoms with E-state index in [1.165, 1.54) is 24.3 Å². The molecule has 0 spiro atoms. The first-order chi connectivity index (χ1) is 9.36. The lowest BCUT2D eigenvalue weighted by molar-refractivity contribution is 0.0526. The topological polar surface area (TPSA) is 81.7 Å². The molecule has 0 amide bonds. The fourth-order valence-electron chi connectivity index (χ4n) is 1.31. The van der Waals surface area contributed by atoms with Crippen molar-refractivity contribution in [3.05, 3.63) is 29.8 Å². The van der Waals surface area contributed by atoms with Gasteiger partial charge in [0.1, 0.15) is 0 Å². The lowest BCUT2D eigenvalue weighted by Gasteiger charge is -2.09. The lowest BCUT2D eigenvalue weighted by atomic mass is 10.2. The Morgan fingerprint density at radius 2 is 1.85 bits per heavy atom. The van der Waals surface area contributed by atoms with Crippen LogP contribution in [0.25, 0.3) is 0 Å². The summed E-state index contributed by atoms with van der Waals surface area (Å²) in [5, 5.41) is 0. The zero-order chi connectivity index (χ0) is 15.2.